The van der Waals surface area contributed by atoms with Gasteiger partial charge in [0.05, 0.1) is 25.4 Å². The summed E-state index contributed by atoms with van der Waals surface area (Å²) in [7, 11) is 2.66. The van der Waals surface area contributed by atoms with Crippen LogP contribution in [0, 0.1) is 0 Å². The van der Waals surface area contributed by atoms with Crippen LogP contribution >= 0.6 is 0 Å². The van der Waals surface area contributed by atoms with E-state index >= 15 is 0 Å². The van der Waals surface area contributed by atoms with Crippen LogP contribution in [0.2, 0.25) is 0 Å². The van der Waals surface area contributed by atoms with Crippen molar-refractivity contribution in [3.8, 4) is 22.3 Å². The Hall–Kier alpha value is -3.66. The van der Waals surface area contributed by atoms with E-state index in [-0.39, 0.29) is 5.57 Å². The summed E-state index contributed by atoms with van der Waals surface area (Å²) in [5.41, 5.74) is 4.35. The van der Waals surface area contributed by atoms with E-state index in [1.165, 1.54) is 14.2 Å². The van der Waals surface area contributed by atoms with Gasteiger partial charge in [0.2, 0.25) is 0 Å². The lowest BCUT2D eigenvalue weighted by atomic mass is 9.86. The van der Waals surface area contributed by atoms with Gasteiger partial charge in [-0.3, -0.25) is 0 Å². The van der Waals surface area contributed by atoms with Crippen LogP contribution < -0.4 is 0 Å². The van der Waals surface area contributed by atoms with Crippen LogP contribution in [0.25, 0.3) is 27.8 Å². The number of carbonyl (C=O) groups excluding carboxylic acids is 2. The first-order valence-electron chi connectivity index (χ1n) is 8.71. The summed E-state index contributed by atoms with van der Waals surface area (Å²) in [4.78, 5) is 24.7. The Balaban J connectivity index is 2.40. The van der Waals surface area contributed by atoms with Gasteiger partial charge in [-0.15, -0.1) is 0 Å². The predicted molar refractivity (Wildman–Crippen MR) is 110 cm³/mol. The molecule has 0 amide bonds. The van der Waals surface area contributed by atoms with Crippen LogP contribution in [0.5, 0.6) is 0 Å². The number of carbonyl (C=O) groups is 2. The van der Waals surface area contributed by atoms with Gasteiger partial charge in [0.15, 0.2) is 0 Å². The minimum absolute atomic E-state index is 0.219. The largest absolute Gasteiger partial charge is 0.465 e. The number of esters is 2. The number of hydrogen-bond acceptors (Lipinski definition) is 4. The molecule has 0 aromatic heterocycles. The second-order valence-electron chi connectivity index (χ2n) is 6.14. The molecule has 0 fully saturated rings. The normalized spacial score (nSPS) is 10.2. The number of ether oxygens (including phenoxy) is 2. The molecule has 3 aromatic carbocycles. The molecular weight excluding hydrogens is 352 g/mol. The molecule has 4 nitrogen and oxygen atoms in total. The van der Waals surface area contributed by atoms with Gasteiger partial charge >= 0.3 is 11.9 Å². The van der Waals surface area contributed by atoms with E-state index in [1.54, 1.807) is 12.1 Å². The summed E-state index contributed by atoms with van der Waals surface area (Å²) in [5, 5.41) is 0. The molecule has 0 saturated carbocycles. The highest BCUT2D eigenvalue weighted by Gasteiger charge is 2.23. The summed E-state index contributed by atoms with van der Waals surface area (Å²) in [6.45, 7) is 3.97. The van der Waals surface area contributed by atoms with Crippen molar-refractivity contribution in [1.29, 1.82) is 0 Å². The minimum atomic E-state index is -0.528. The lowest BCUT2D eigenvalue weighted by molar-refractivity contribution is -0.133. The van der Waals surface area contributed by atoms with Crippen LogP contribution in [0.15, 0.2) is 79.4 Å². The average molecular weight is 372 g/mol. The molecule has 0 heterocycles. The monoisotopic (exact) mass is 372 g/mol. The van der Waals surface area contributed by atoms with Gasteiger partial charge in [-0.2, -0.15) is 0 Å². The zero-order chi connectivity index (χ0) is 20.1. The molecule has 0 aliphatic rings. The van der Waals surface area contributed by atoms with Crippen molar-refractivity contribution >= 4 is 17.5 Å². The summed E-state index contributed by atoms with van der Waals surface area (Å²) in [6.07, 6.45) is 0. The van der Waals surface area contributed by atoms with Gasteiger partial charge in [-0.05, 0) is 34.4 Å². The van der Waals surface area contributed by atoms with Gasteiger partial charge in [-0.1, -0.05) is 67.2 Å². The second kappa shape index (κ2) is 8.35. The fourth-order valence-electron chi connectivity index (χ4n) is 3.12. The molecular formula is C24H20O4. The summed E-state index contributed by atoms with van der Waals surface area (Å²) in [6, 6.07) is 22.5. The summed E-state index contributed by atoms with van der Waals surface area (Å²) < 4.78 is 9.85. The Kier molecular flexibility index (Phi) is 5.70. The van der Waals surface area contributed by atoms with E-state index in [0.717, 1.165) is 11.1 Å². The van der Waals surface area contributed by atoms with Crippen molar-refractivity contribution in [2.75, 3.05) is 14.2 Å². The summed E-state index contributed by atoms with van der Waals surface area (Å²) in [5.74, 6) is -0.982. The molecule has 3 rings (SSSR count). The molecule has 0 aliphatic carbocycles. The number of methoxy groups -OCH3 is 2. The van der Waals surface area contributed by atoms with Gasteiger partial charge in [0, 0.05) is 5.56 Å². The number of rotatable bonds is 5. The Labute approximate surface area is 164 Å². The van der Waals surface area contributed by atoms with Crippen molar-refractivity contribution in [2.45, 2.75) is 0 Å². The summed E-state index contributed by atoms with van der Waals surface area (Å²) >= 11 is 0. The highest BCUT2D eigenvalue weighted by Crippen LogP contribution is 2.38. The lowest BCUT2D eigenvalue weighted by Gasteiger charge is -2.18. The minimum Gasteiger partial charge on any atom is -0.465 e. The molecule has 0 atom stereocenters. The molecule has 0 spiro atoms. The smallest absolute Gasteiger partial charge is 0.337 e. The Morgan fingerprint density at radius 2 is 1.21 bits per heavy atom. The maximum Gasteiger partial charge on any atom is 0.337 e. The van der Waals surface area contributed by atoms with E-state index in [1.807, 2.05) is 60.7 Å². The lowest BCUT2D eigenvalue weighted by Crippen LogP contribution is -2.08. The maximum atomic E-state index is 12.3. The third-order valence-electron chi connectivity index (χ3n) is 4.46. The molecule has 0 N–H and O–H groups in total. The first-order valence-corrected chi connectivity index (χ1v) is 8.71. The third-order valence-corrected chi connectivity index (χ3v) is 4.46. The van der Waals surface area contributed by atoms with E-state index in [0.29, 0.717) is 22.3 Å². The standard InChI is InChI=1S/C24H20O4/c1-16(23(25)27-2)22-20(17-10-6-4-7-11-17)14-19(24(26)28-3)15-21(22)18-12-8-5-9-13-18/h4-15H,1H2,2-3H3. The molecule has 28 heavy (non-hydrogen) atoms. The molecule has 0 aliphatic heterocycles. The highest BCUT2D eigenvalue weighted by molar-refractivity contribution is 6.20. The number of benzene rings is 3. The van der Waals surface area contributed by atoms with Crippen molar-refractivity contribution < 1.29 is 19.1 Å². The molecule has 0 saturated heterocycles. The quantitative estimate of drug-likeness (QED) is 0.467. The van der Waals surface area contributed by atoms with Crippen LogP contribution in [-0.4, -0.2) is 26.2 Å². The molecule has 0 unspecified atom stereocenters. The molecule has 0 radical (unpaired) electrons. The Morgan fingerprint density at radius 1 is 0.750 bits per heavy atom. The fourth-order valence-corrected chi connectivity index (χ4v) is 3.12. The van der Waals surface area contributed by atoms with Crippen LogP contribution in [0.1, 0.15) is 15.9 Å². The zero-order valence-electron chi connectivity index (χ0n) is 15.8. The topological polar surface area (TPSA) is 52.6 Å². The third kappa shape index (κ3) is 3.71. The first-order chi connectivity index (χ1) is 13.6. The van der Waals surface area contributed by atoms with E-state index in [4.69, 9.17) is 9.47 Å². The van der Waals surface area contributed by atoms with Gasteiger partial charge < -0.3 is 9.47 Å². The van der Waals surface area contributed by atoms with Crippen LogP contribution in [0.3, 0.4) is 0 Å². The molecule has 0 bridgehead atoms. The number of hydrogen-bond donors (Lipinski definition) is 0. The Morgan fingerprint density at radius 3 is 1.61 bits per heavy atom. The van der Waals surface area contributed by atoms with Crippen LogP contribution in [-0.2, 0) is 14.3 Å². The maximum absolute atomic E-state index is 12.3. The van der Waals surface area contributed by atoms with Gasteiger partial charge in [-0.25, -0.2) is 9.59 Å². The fraction of sp³-hybridized carbons (Fsp3) is 0.0833. The van der Waals surface area contributed by atoms with Gasteiger partial charge in [0.1, 0.15) is 0 Å². The highest BCUT2D eigenvalue weighted by atomic mass is 16.5. The van der Waals surface area contributed by atoms with E-state index in [2.05, 4.69) is 6.58 Å². The van der Waals surface area contributed by atoms with Crippen LogP contribution in [0.4, 0.5) is 0 Å². The van der Waals surface area contributed by atoms with Crippen molar-refractivity contribution in [2.24, 2.45) is 0 Å². The Bertz CT molecular complexity index is 960. The molecule has 3 aromatic rings. The molecule has 4 heteroatoms. The first kappa shape index (κ1) is 19.1. The van der Waals surface area contributed by atoms with Crippen molar-refractivity contribution in [3.63, 3.8) is 0 Å². The second-order valence-corrected chi connectivity index (χ2v) is 6.14. The van der Waals surface area contributed by atoms with Crippen molar-refractivity contribution in [3.05, 3.63) is 90.5 Å². The SMILES string of the molecule is C=C(C(=O)OC)c1c(-c2ccccc2)cc(C(=O)OC)cc1-c1ccccc1. The van der Waals surface area contributed by atoms with Crippen molar-refractivity contribution in [1.82, 2.24) is 0 Å². The predicted octanol–water partition coefficient (Wildman–Crippen LogP) is 4.99. The van der Waals surface area contributed by atoms with E-state index in [9.17, 15) is 9.59 Å². The average Bonchev–Trinajstić information content (AvgIpc) is 2.77. The van der Waals surface area contributed by atoms with Gasteiger partial charge in [0.25, 0.3) is 0 Å². The molecule has 140 valence electrons. The zero-order valence-corrected chi connectivity index (χ0v) is 15.8. The van der Waals surface area contributed by atoms with E-state index < -0.39 is 11.9 Å².